The van der Waals surface area contributed by atoms with Crippen LogP contribution in [0, 0.1) is 0 Å². The van der Waals surface area contributed by atoms with E-state index in [1.165, 1.54) is 0 Å². The number of hydrogen-bond acceptors (Lipinski definition) is 4. The van der Waals surface area contributed by atoms with Crippen molar-refractivity contribution < 1.29 is 23.0 Å². The van der Waals surface area contributed by atoms with Gasteiger partial charge in [-0.2, -0.15) is 0 Å². The van der Waals surface area contributed by atoms with Crippen molar-refractivity contribution in [3.63, 3.8) is 0 Å². The molecule has 1 aliphatic heterocycles. The van der Waals surface area contributed by atoms with Crippen LogP contribution < -0.4 is 10.1 Å². The normalized spacial score (nSPS) is 18.2. The molecular weight excluding hydrogens is 376 g/mol. The summed E-state index contributed by atoms with van der Waals surface area (Å²) in [5.74, 6) is -2.70. The van der Waals surface area contributed by atoms with E-state index in [1.807, 2.05) is 51.1 Å². The lowest BCUT2D eigenvalue weighted by Gasteiger charge is -2.32. The highest BCUT2D eigenvalue weighted by Gasteiger charge is 2.42. The van der Waals surface area contributed by atoms with Crippen molar-refractivity contribution in [2.24, 2.45) is 0 Å². The summed E-state index contributed by atoms with van der Waals surface area (Å²) in [6.07, 6.45) is 0.456. The Morgan fingerprint density at radius 3 is 2.28 bits per heavy atom. The van der Waals surface area contributed by atoms with E-state index < -0.39 is 11.8 Å². The molecule has 1 aliphatic rings. The van der Waals surface area contributed by atoms with Crippen molar-refractivity contribution in [1.82, 2.24) is 5.32 Å². The average Bonchev–Trinajstić information content (AvgIpc) is 2.67. The zero-order chi connectivity index (χ0) is 21.3. The fraction of sp³-hybridized carbons (Fsp3) is 0.435. The number of carbonyl (C=O) groups excluding carboxylic acids is 1. The topological polar surface area (TPSA) is 47.6 Å². The molecule has 0 saturated carbocycles. The van der Waals surface area contributed by atoms with E-state index in [2.05, 4.69) is 10.1 Å². The lowest BCUT2D eigenvalue weighted by molar-refractivity contribution is -0.138. The standard InChI is InChI=1S/C18H19F2NO.C5H10O2/c19-18(20)13-21-11-10-17(18)15-6-8-16(9-7-15)22-12-14-4-2-1-3-5-14;1-5(2,3)7-4-6/h1-9,17,21H,10-13H2;4H,1-3H3. The number of alkyl halides is 2. The van der Waals surface area contributed by atoms with Crippen LogP contribution in [0.3, 0.4) is 0 Å². The minimum Gasteiger partial charge on any atom is -0.489 e. The summed E-state index contributed by atoms with van der Waals surface area (Å²) in [7, 11) is 0. The Hall–Kier alpha value is -2.47. The molecule has 1 atom stereocenters. The van der Waals surface area contributed by atoms with Gasteiger partial charge in [0.1, 0.15) is 18.0 Å². The molecule has 4 nitrogen and oxygen atoms in total. The van der Waals surface area contributed by atoms with E-state index in [0.717, 1.165) is 5.56 Å². The molecule has 0 amide bonds. The van der Waals surface area contributed by atoms with E-state index in [-0.39, 0.29) is 12.1 Å². The van der Waals surface area contributed by atoms with Crippen LogP contribution in [0.25, 0.3) is 0 Å². The van der Waals surface area contributed by atoms with Gasteiger partial charge in [0.2, 0.25) is 0 Å². The third-order valence-corrected chi connectivity index (χ3v) is 4.41. The Kier molecular flexibility index (Phi) is 8.14. The van der Waals surface area contributed by atoms with Gasteiger partial charge in [-0.3, -0.25) is 4.79 Å². The maximum atomic E-state index is 13.9. The maximum absolute atomic E-state index is 13.9. The fourth-order valence-electron chi connectivity index (χ4n) is 2.93. The summed E-state index contributed by atoms with van der Waals surface area (Å²) in [6, 6.07) is 16.9. The van der Waals surface area contributed by atoms with Gasteiger partial charge < -0.3 is 14.8 Å². The summed E-state index contributed by atoms with van der Waals surface area (Å²) in [5.41, 5.74) is 1.44. The number of nitrogens with one attached hydrogen (secondary N) is 1. The lowest BCUT2D eigenvalue weighted by atomic mass is 9.87. The summed E-state index contributed by atoms with van der Waals surface area (Å²) in [5, 5.41) is 2.75. The second kappa shape index (κ2) is 10.3. The first-order chi connectivity index (χ1) is 13.7. The first-order valence-electron chi connectivity index (χ1n) is 9.68. The van der Waals surface area contributed by atoms with Crippen LogP contribution in [-0.2, 0) is 16.1 Å². The van der Waals surface area contributed by atoms with Crippen LogP contribution in [0.1, 0.15) is 44.2 Å². The largest absolute Gasteiger partial charge is 0.489 e. The SMILES string of the molecule is CC(C)(C)OC=O.FC1(F)CNCCC1c1ccc(OCc2ccccc2)cc1. The van der Waals surface area contributed by atoms with Gasteiger partial charge in [0, 0.05) is 0 Å². The molecule has 1 heterocycles. The van der Waals surface area contributed by atoms with Crippen LogP contribution in [0.4, 0.5) is 8.78 Å². The van der Waals surface area contributed by atoms with Crippen LogP contribution in [-0.4, -0.2) is 31.1 Å². The molecule has 6 heteroatoms. The zero-order valence-electron chi connectivity index (χ0n) is 17.2. The van der Waals surface area contributed by atoms with Crippen LogP contribution >= 0.6 is 0 Å². The maximum Gasteiger partial charge on any atom is 0.293 e. The zero-order valence-corrected chi connectivity index (χ0v) is 17.2. The molecule has 0 spiro atoms. The van der Waals surface area contributed by atoms with Gasteiger partial charge in [0.25, 0.3) is 12.4 Å². The van der Waals surface area contributed by atoms with E-state index in [0.29, 0.717) is 37.4 Å². The first kappa shape index (κ1) is 22.8. The monoisotopic (exact) mass is 405 g/mol. The predicted molar refractivity (Wildman–Crippen MR) is 109 cm³/mol. The molecule has 1 saturated heterocycles. The number of ether oxygens (including phenoxy) is 2. The van der Waals surface area contributed by atoms with Crippen molar-refractivity contribution in [2.45, 2.75) is 51.2 Å². The quantitative estimate of drug-likeness (QED) is 0.716. The number of benzene rings is 2. The average molecular weight is 405 g/mol. The highest BCUT2D eigenvalue weighted by Crippen LogP contribution is 2.38. The van der Waals surface area contributed by atoms with E-state index >= 15 is 0 Å². The van der Waals surface area contributed by atoms with Crippen LogP contribution in [0.5, 0.6) is 5.75 Å². The summed E-state index contributed by atoms with van der Waals surface area (Å²) in [6.45, 7) is 6.78. The van der Waals surface area contributed by atoms with Crippen molar-refractivity contribution in [2.75, 3.05) is 13.1 Å². The Morgan fingerprint density at radius 1 is 1.10 bits per heavy atom. The molecule has 0 aliphatic carbocycles. The molecule has 2 aromatic rings. The highest BCUT2D eigenvalue weighted by molar-refractivity contribution is 5.37. The second-order valence-electron chi connectivity index (χ2n) is 7.95. The van der Waals surface area contributed by atoms with E-state index in [1.54, 1.807) is 24.3 Å². The van der Waals surface area contributed by atoms with Crippen molar-refractivity contribution >= 4 is 6.47 Å². The molecule has 158 valence electrons. The minimum absolute atomic E-state index is 0.246. The van der Waals surface area contributed by atoms with Crippen LogP contribution in [0.2, 0.25) is 0 Å². The van der Waals surface area contributed by atoms with Gasteiger partial charge >= 0.3 is 0 Å². The number of hydrogen-bond donors (Lipinski definition) is 1. The number of carbonyl (C=O) groups is 1. The predicted octanol–water partition coefficient (Wildman–Crippen LogP) is 4.94. The molecule has 0 aromatic heterocycles. The lowest BCUT2D eigenvalue weighted by Crippen LogP contribution is -2.44. The summed E-state index contributed by atoms with van der Waals surface area (Å²) >= 11 is 0. The number of rotatable bonds is 5. The molecule has 29 heavy (non-hydrogen) atoms. The van der Waals surface area contributed by atoms with Gasteiger partial charge in [-0.25, -0.2) is 8.78 Å². The van der Waals surface area contributed by atoms with Gasteiger partial charge in [-0.1, -0.05) is 42.5 Å². The number of piperidine rings is 1. The van der Waals surface area contributed by atoms with Gasteiger partial charge in [0.15, 0.2) is 0 Å². The van der Waals surface area contributed by atoms with Gasteiger partial charge in [0.05, 0.1) is 12.5 Å². The Bertz CT molecular complexity index is 743. The van der Waals surface area contributed by atoms with Gasteiger partial charge in [-0.05, 0) is 57.0 Å². The molecule has 0 radical (unpaired) electrons. The molecule has 2 aromatic carbocycles. The molecule has 1 fully saturated rings. The fourth-order valence-corrected chi connectivity index (χ4v) is 2.93. The summed E-state index contributed by atoms with van der Waals surface area (Å²) < 4.78 is 38.1. The summed E-state index contributed by atoms with van der Waals surface area (Å²) in [4.78, 5) is 9.60. The smallest absolute Gasteiger partial charge is 0.293 e. The highest BCUT2D eigenvalue weighted by atomic mass is 19.3. The van der Waals surface area contributed by atoms with E-state index in [4.69, 9.17) is 4.74 Å². The number of halogens is 2. The van der Waals surface area contributed by atoms with Crippen molar-refractivity contribution in [3.8, 4) is 5.75 Å². The van der Waals surface area contributed by atoms with Gasteiger partial charge in [-0.15, -0.1) is 0 Å². The Labute approximate surface area is 171 Å². The van der Waals surface area contributed by atoms with Crippen molar-refractivity contribution in [1.29, 1.82) is 0 Å². The van der Waals surface area contributed by atoms with E-state index in [9.17, 15) is 13.6 Å². The first-order valence-corrected chi connectivity index (χ1v) is 9.68. The van der Waals surface area contributed by atoms with Crippen LogP contribution in [0.15, 0.2) is 54.6 Å². The Balaban J connectivity index is 0.000000370. The molecule has 1 unspecified atom stereocenters. The molecular formula is C23H29F2NO3. The third kappa shape index (κ3) is 7.81. The molecule has 0 bridgehead atoms. The molecule has 1 N–H and O–H groups in total. The van der Waals surface area contributed by atoms with Crippen molar-refractivity contribution in [3.05, 3.63) is 65.7 Å². The minimum atomic E-state index is -2.69. The second-order valence-corrected chi connectivity index (χ2v) is 7.95. The third-order valence-electron chi connectivity index (χ3n) is 4.41. The molecule has 3 rings (SSSR count). The Morgan fingerprint density at radius 2 is 1.76 bits per heavy atom.